The first-order chi connectivity index (χ1) is 9.54. The third-order valence-corrected chi connectivity index (χ3v) is 3.83. The summed E-state index contributed by atoms with van der Waals surface area (Å²) in [6, 6.07) is -1.41. The van der Waals surface area contributed by atoms with Gasteiger partial charge in [-0.15, -0.1) is 0 Å². The molecule has 120 valence electrons. The van der Waals surface area contributed by atoms with Crippen molar-refractivity contribution in [3.8, 4) is 0 Å². The van der Waals surface area contributed by atoms with Crippen LogP contribution >= 0.6 is 0 Å². The van der Waals surface area contributed by atoms with Crippen LogP contribution in [0.2, 0.25) is 0 Å². The molecule has 0 bridgehead atoms. The number of likely N-dealkylation sites (N-methyl/N-ethyl adjacent to an activating group) is 1. The molecule has 0 aromatic carbocycles. The highest BCUT2D eigenvalue weighted by Gasteiger charge is 2.38. The molecule has 0 aliphatic carbocycles. The molecule has 0 saturated carbocycles. The number of aliphatic carboxylic acids is 1. The standard InChI is InChI=1S/C15H26N2O4/c1-10(14(20)21)16(5)13(19)11-7-6-8-17(11)12(18)9-15(2,3)4/h10-11H,6-9H2,1-5H3,(H,20,21). The Morgan fingerprint density at radius 3 is 2.38 bits per heavy atom. The molecular weight excluding hydrogens is 272 g/mol. The number of carbonyl (C=O) groups excluding carboxylic acids is 2. The fraction of sp³-hybridized carbons (Fsp3) is 0.800. The fourth-order valence-electron chi connectivity index (χ4n) is 2.47. The van der Waals surface area contributed by atoms with Crippen molar-refractivity contribution in [1.82, 2.24) is 9.80 Å². The van der Waals surface area contributed by atoms with Gasteiger partial charge in [-0.25, -0.2) is 4.79 Å². The number of carbonyl (C=O) groups is 3. The number of carboxylic acids is 1. The molecule has 6 nitrogen and oxygen atoms in total. The Hall–Kier alpha value is -1.59. The summed E-state index contributed by atoms with van der Waals surface area (Å²) >= 11 is 0. The normalized spacial score (nSPS) is 20.2. The molecular formula is C15H26N2O4. The van der Waals surface area contributed by atoms with Crippen LogP contribution in [0.3, 0.4) is 0 Å². The van der Waals surface area contributed by atoms with Gasteiger partial charge in [0.1, 0.15) is 12.1 Å². The van der Waals surface area contributed by atoms with E-state index in [4.69, 9.17) is 5.11 Å². The van der Waals surface area contributed by atoms with E-state index in [1.54, 1.807) is 4.90 Å². The smallest absolute Gasteiger partial charge is 0.326 e. The summed E-state index contributed by atoms with van der Waals surface area (Å²) in [4.78, 5) is 38.6. The molecule has 1 aliphatic rings. The molecule has 2 amide bonds. The zero-order chi connectivity index (χ0) is 16.4. The Morgan fingerprint density at radius 2 is 1.90 bits per heavy atom. The van der Waals surface area contributed by atoms with Crippen LogP contribution in [0.4, 0.5) is 0 Å². The molecule has 0 aromatic heterocycles. The summed E-state index contributed by atoms with van der Waals surface area (Å²) in [5.41, 5.74) is -0.131. The van der Waals surface area contributed by atoms with Gasteiger partial charge in [-0.1, -0.05) is 20.8 Å². The lowest BCUT2D eigenvalue weighted by molar-refractivity contribution is -0.152. The number of amides is 2. The number of rotatable bonds is 4. The molecule has 1 saturated heterocycles. The van der Waals surface area contributed by atoms with Crippen LogP contribution in [0.1, 0.15) is 47.0 Å². The van der Waals surface area contributed by atoms with Crippen LogP contribution in [0.15, 0.2) is 0 Å². The Kier molecular flexibility index (Phi) is 5.36. The number of hydrogen-bond donors (Lipinski definition) is 1. The lowest BCUT2D eigenvalue weighted by atomic mass is 9.91. The first-order valence-electron chi connectivity index (χ1n) is 7.33. The lowest BCUT2D eigenvalue weighted by Gasteiger charge is -2.31. The van der Waals surface area contributed by atoms with Crippen LogP contribution < -0.4 is 0 Å². The van der Waals surface area contributed by atoms with Crippen LogP contribution in [0, 0.1) is 5.41 Å². The molecule has 0 aromatic rings. The SMILES string of the molecule is CC(C(=O)O)N(C)C(=O)C1CCCN1C(=O)CC(C)(C)C. The van der Waals surface area contributed by atoms with E-state index in [-0.39, 0.29) is 17.2 Å². The first-order valence-corrected chi connectivity index (χ1v) is 7.33. The number of likely N-dealkylation sites (tertiary alicyclic amines) is 1. The summed E-state index contributed by atoms with van der Waals surface area (Å²) < 4.78 is 0. The van der Waals surface area contributed by atoms with Crippen molar-refractivity contribution < 1.29 is 19.5 Å². The van der Waals surface area contributed by atoms with Crippen molar-refractivity contribution in [2.24, 2.45) is 5.41 Å². The first kappa shape index (κ1) is 17.5. The van der Waals surface area contributed by atoms with E-state index in [1.807, 2.05) is 20.8 Å². The lowest BCUT2D eigenvalue weighted by Crippen LogP contribution is -2.51. The zero-order valence-electron chi connectivity index (χ0n) is 13.5. The molecule has 1 heterocycles. The number of carboxylic acid groups (broad SMARTS) is 1. The molecule has 1 N–H and O–H groups in total. The van der Waals surface area contributed by atoms with Crippen molar-refractivity contribution in [3.63, 3.8) is 0 Å². The predicted octanol–water partition coefficient (Wildman–Crippen LogP) is 1.35. The van der Waals surface area contributed by atoms with Crippen molar-refractivity contribution in [2.45, 2.75) is 59.0 Å². The van der Waals surface area contributed by atoms with Crippen LogP contribution in [-0.4, -0.2) is 58.4 Å². The van der Waals surface area contributed by atoms with Gasteiger partial charge in [-0.2, -0.15) is 0 Å². The minimum Gasteiger partial charge on any atom is -0.480 e. The van der Waals surface area contributed by atoms with Crippen molar-refractivity contribution in [2.75, 3.05) is 13.6 Å². The maximum absolute atomic E-state index is 12.4. The van der Waals surface area contributed by atoms with Crippen molar-refractivity contribution >= 4 is 17.8 Å². The van der Waals surface area contributed by atoms with Gasteiger partial charge in [0.2, 0.25) is 11.8 Å². The average molecular weight is 298 g/mol. The fourth-order valence-corrected chi connectivity index (χ4v) is 2.47. The maximum atomic E-state index is 12.4. The van der Waals surface area contributed by atoms with Gasteiger partial charge in [0.15, 0.2) is 0 Å². The number of nitrogens with zero attached hydrogens (tertiary/aromatic N) is 2. The summed E-state index contributed by atoms with van der Waals surface area (Å²) in [5.74, 6) is -1.36. The molecule has 6 heteroatoms. The second kappa shape index (κ2) is 6.45. The Labute approximate surface area is 126 Å². The molecule has 2 unspecified atom stereocenters. The van der Waals surface area contributed by atoms with Crippen molar-refractivity contribution in [3.05, 3.63) is 0 Å². The van der Waals surface area contributed by atoms with Gasteiger partial charge in [0.05, 0.1) is 0 Å². The van der Waals surface area contributed by atoms with Gasteiger partial charge in [-0.05, 0) is 25.2 Å². The topological polar surface area (TPSA) is 77.9 Å². The third-order valence-electron chi connectivity index (χ3n) is 3.83. The van der Waals surface area contributed by atoms with Crippen LogP contribution in [0.25, 0.3) is 0 Å². The minimum absolute atomic E-state index is 0.0327. The summed E-state index contributed by atoms with van der Waals surface area (Å²) in [7, 11) is 1.48. The monoisotopic (exact) mass is 298 g/mol. The summed E-state index contributed by atoms with van der Waals surface area (Å²) in [6.45, 7) is 7.99. The highest BCUT2D eigenvalue weighted by atomic mass is 16.4. The zero-order valence-corrected chi connectivity index (χ0v) is 13.5. The highest BCUT2D eigenvalue weighted by molar-refractivity contribution is 5.90. The molecule has 1 fully saturated rings. The van der Waals surface area contributed by atoms with Gasteiger partial charge < -0.3 is 14.9 Å². The summed E-state index contributed by atoms with van der Waals surface area (Å²) in [6.07, 6.45) is 1.77. The van der Waals surface area contributed by atoms with Crippen LogP contribution in [0.5, 0.6) is 0 Å². The average Bonchev–Trinajstić information content (AvgIpc) is 2.83. The third kappa shape index (κ3) is 4.44. The molecule has 21 heavy (non-hydrogen) atoms. The second-order valence-corrected chi connectivity index (χ2v) is 6.95. The molecule has 0 spiro atoms. The Balaban J connectivity index is 2.79. The van der Waals surface area contributed by atoms with Crippen LogP contribution in [-0.2, 0) is 14.4 Å². The van der Waals surface area contributed by atoms with Gasteiger partial charge in [-0.3, -0.25) is 9.59 Å². The predicted molar refractivity (Wildman–Crippen MR) is 78.7 cm³/mol. The van der Waals surface area contributed by atoms with Gasteiger partial charge >= 0.3 is 5.97 Å². The van der Waals surface area contributed by atoms with E-state index in [0.717, 1.165) is 6.42 Å². The van der Waals surface area contributed by atoms with E-state index in [1.165, 1.54) is 18.9 Å². The van der Waals surface area contributed by atoms with E-state index in [0.29, 0.717) is 19.4 Å². The maximum Gasteiger partial charge on any atom is 0.326 e. The Morgan fingerprint density at radius 1 is 1.33 bits per heavy atom. The van der Waals surface area contributed by atoms with E-state index in [2.05, 4.69) is 0 Å². The molecule has 0 radical (unpaired) electrons. The minimum atomic E-state index is -1.04. The quantitative estimate of drug-likeness (QED) is 0.849. The molecule has 1 aliphatic heterocycles. The van der Waals surface area contributed by atoms with Gasteiger partial charge in [0, 0.05) is 20.0 Å². The molecule has 1 rings (SSSR count). The second-order valence-electron chi connectivity index (χ2n) is 6.95. The Bertz CT molecular complexity index is 428. The van der Waals surface area contributed by atoms with Crippen molar-refractivity contribution in [1.29, 1.82) is 0 Å². The molecule has 2 atom stereocenters. The summed E-state index contributed by atoms with van der Waals surface area (Å²) in [5, 5.41) is 9.00. The van der Waals surface area contributed by atoms with E-state index in [9.17, 15) is 14.4 Å². The number of hydrogen-bond acceptors (Lipinski definition) is 3. The van der Waals surface area contributed by atoms with E-state index >= 15 is 0 Å². The van der Waals surface area contributed by atoms with E-state index < -0.39 is 18.1 Å². The highest BCUT2D eigenvalue weighted by Crippen LogP contribution is 2.25. The van der Waals surface area contributed by atoms with Gasteiger partial charge in [0.25, 0.3) is 0 Å². The largest absolute Gasteiger partial charge is 0.480 e.